The zero-order chi connectivity index (χ0) is 12.4. The summed E-state index contributed by atoms with van der Waals surface area (Å²) in [5.41, 5.74) is 2.83. The molecule has 0 fully saturated rings. The van der Waals surface area contributed by atoms with Gasteiger partial charge in [0.15, 0.2) is 5.82 Å². The molecular formula is C12H11ClIN3. The van der Waals surface area contributed by atoms with E-state index in [0.29, 0.717) is 11.0 Å². The highest BCUT2D eigenvalue weighted by Gasteiger charge is 2.11. The zero-order valence-corrected chi connectivity index (χ0v) is 12.5. The van der Waals surface area contributed by atoms with Crippen LogP contribution in [0.15, 0.2) is 18.3 Å². The van der Waals surface area contributed by atoms with Gasteiger partial charge in [-0.15, -0.1) is 0 Å². The molecule has 0 saturated heterocycles. The molecule has 0 bridgehead atoms. The second-order valence-corrected chi connectivity index (χ2v) is 5.11. The van der Waals surface area contributed by atoms with Crippen molar-refractivity contribution in [3.8, 4) is 11.5 Å². The number of rotatable bonds is 2. The SMILES string of the molecule is CCc1nc(-c2ccc(C)cn2)nc(Cl)c1I. The minimum absolute atomic E-state index is 0.495. The first kappa shape index (κ1) is 12.7. The van der Waals surface area contributed by atoms with Gasteiger partial charge in [0.1, 0.15) is 10.8 Å². The topological polar surface area (TPSA) is 38.7 Å². The van der Waals surface area contributed by atoms with Crippen molar-refractivity contribution >= 4 is 34.2 Å². The van der Waals surface area contributed by atoms with Crippen molar-refractivity contribution in [1.29, 1.82) is 0 Å². The second-order valence-electron chi connectivity index (χ2n) is 3.67. The highest BCUT2D eigenvalue weighted by molar-refractivity contribution is 14.1. The summed E-state index contributed by atoms with van der Waals surface area (Å²) in [6, 6.07) is 3.90. The molecule has 0 aromatic carbocycles. The minimum Gasteiger partial charge on any atom is -0.253 e. The first-order valence-corrected chi connectivity index (χ1v) is 6.72. The summed E-state index contributed by atoms with van der Waals surface area (Å²) in [4.78, 5) is 13.1. The maximum Gasteiger partial charge on any atom is 0.179 e. The first-order valence-electron chi connectivity index (χ1n) is 5.26. The molecule has 0 saturated carbocycles. The molecule has 0 N–H and O–H groups in total. The number of pyridine rings is 1. The lowest BCUT2D eigenvalue weighted by molar-refractivity contribution is 0.982. The highest BCUT2D eigenvalue weighted by atomic mass is 127. The lowest BCUT2D eigenvalue weighted by Crippen LogP contribution is -2.00. The number of aryl methyl sites for hydroxylation is 2. The van der Waals surface area contributed by atoms with Crippen LogP contribution in [0.1, 0.15) is 18.2 Å². The van der Waals surface area contributed by atoms with Crippen molar-refractivity contribution in [3.63, 3.8) is 0 Å². The molecule has 0 unspecified atom stereocenters. The fourth-order valence-corrected chi connectivity index (χ4v) is 2.22. The van der Waals surface area contributed by atoms with E-state index in [1.165, 1.54) is 0 Å². The van der Waals surface area contributed by atoms with Crippen molar-refractivity contribution in [3.05, 3.63) is 38.3 Å². The molecule has 0 spiro atoms. The summed E-state index contributed by atoms with van der Waals surface area (Å²) < 4.78 is 0.919. The fraction of sp³-hybridized carbons (Fsp3) is 0.250. The van der Waals surface area contributed by atoms with Gasteiger partial charge in [-0.25, -0.2) is 9.97 Å². The van der Waals surface area contributed by atoms with Crippen molar-refractivity contribution in [1.82, 2.24) is 15.0 Å². The monoisotopic (exact) mass is 359 g/mol. The molecule has 0 aliphatic heterocycles. The molecular weight excluding hydrogens is 349 g/mol. The Hall–Kier alpha value is -0.750. The third-order valence-electron chi connectivity index (χ3n) is 2.35. The van der Waals surface area contributed by atoms with Crippen LogP contribution in [0.4, 0.5) is 0 Å². The van der Waals surface area contributed by atoms with E-state index < -0.39 is 0 Å². The molecule has 0 radical (unpaired) electrons. The molecule has 2 aromatic rings. The molecule has 88 valence electrons. The molecule has 0 amide bonds. The first-order chi connectivity index (χ1) is 8.11. The summed E-state index contributed by atoms with van der Waals surface area (Å²) in [7, 11) is 0. The van der Waals surface area contributed by atoms with Gasteiger partial charge in [0.05, 0.1) is 9.26 Å². The van der Waals surface area contributed by atoms with Crippen LogP contribution in [-0.4, -0.2) is 15.0 Å². The zero-order valence-electron chi connectivity index (χ0n) is 9.54. The highest BCUT2D eigenvalue weighted by Crippen LogP contribution is 2.23. The van der Waals surface area contributed by atoms with Gasteiger partial charge < -0.3 is 0 Å². The molecule has 0 aliphatic rings. The Morgan fingerprint density at radius 1 is 1.29 bits per heavy atom. The van der Waals surface area contributed by atoms with Gasteiger partial charge >= 0.3 is 0 Å². The predicted octanol–water partition coefficient (Wildman–Crippen LogP) is 3.67. The standard InChI is InChI=1S/C12H11ClIN3/c1-3-8-10(14)11(13)17-12(16-8)9-5-4-7(2)6-15-9/h4-6H,3H2,1-2H3. The van der Waals surface area contributed by atoms with E-state index in [0.717, 1.165) is 26.9 Å². The maximum atomic E-state index is 6.09. The van der Waals surface area contributed by atoms with Gasteiger partial charge in [-0.1, -0.05) is 24.6 Å². The normalized spacial score (nSPS) is 10.6. The summed E-state index contributed by atoms with van der Waals surface area (Å²) in [5.74, 6) is 0.590. The number of aromatic nitrogens is 3. The van der Waals surface area contributed by atoms with Crippen molar-refractivity contribution in [2.75, 3.05) is 0 Å². The van der Waals surface area contributed by atoms with E-state index in [4.69, 9.17) is 11.6 Å². The minimum atomic E-state index is 0.495. The quantitative estimate of drug-likeness (QED) is 0.607. The second kappa shape index (κ2) is 5.27. The summed E-state index contributed by atoms with van der Waals surface area (Å²) in [6.07, 6.45) is 2.63. The lowest BCUT2D eigenvalue weighted by Gasteiger charge is -2.06. The molecule has 2 aromatic heterocycles. The number of halogens is 2. The van der Waals surface area contributed by atoms with Crippen molar-refractivity contribution < 1.29 is 0 Å². The van der Waals surface area contributed by atoms with Crippen molar-refractivity contribution in [2.24, 2.45) is 0 Å². The van der Waals surface area contributed by atoms with Gasteiger partial charge in [-0.3, -0.25) is 4.98 Å². The van der Waals surface area contributed by atoms with Gasteiger partial charge in [-0.05, 0) is 47.6 Å². The number of hydrogen-bond acceptors (Lipinski definition) is 3. The largest absolute Gasteiger partial charge is 0.253 e. The molecule has 2 heterocycles. The predicted molar refractivity (Wildman–Crippen MR) is 77.1 cm³/mol. The Bertz CT molecular complexity index is 540. The van der Waals surface area contributed by atoms with Gasteiger partial charge in [0.2, 0.25) is 0 Å². The van der Waals surface area contributed by atoms with E-state index >= 15 is 0 Å². The Balaban J connectivity index is 2.52. The van der Waals surface area contributed by atoms with E-state index in [1.54, 1.807) is 6.20 Å². The third-order valence-corrected chi connectivity index (χ3v) is 4.08. The Kier molecular flexibility index (Phi) is 3.93. The van der Waals surface area contributed by atoms with Gasteiger partial charge in [0, 0.05) is 6.20 Å². The third kappa shape index (κ3) is 2.74. The fourth-order valence-electron chi connectivity index (χ4n) is 1.41. The Labute approximate surface area is 119 Å². The van der Waals surface area contributed by atoms with Crippen LogP contribution in [0.3, 0.4) is 0 Å². The van der Waals surface area contributed by atoms with Crippen LogP contribution in [0.2, 0.25) is 5.15 Å². The van der Waals surface area contributed by atoms with Crippen molar-refractivity contribution in [2.45, 2.75) is 20.3 Å². The Morgan fingerprint density at radius 3 is 2.65 bits per heavy atom. The van der Waals surface area contributed by atoms with E-state index in [9.17, 15) is 0 Å². The van der Waals surface area contributed by atoms with Crippen LogP contribution in [0, 0.1) is 10.5 Å². The van der Waals surface area contributed by atoms with Crippen LogP contribution < -0.4 is 0 Å². The van der Waals surface area contributed by atoms with Crippen LogP contribution in [0.5, 0.6) is 0 Å². The number of nitrogens with zero attached hydrogens (tertiary/aromatic N) is 3. The van der Waals surface area contributed by atoms with E-state index in [2.05, 4.69) is 37.5 Å². The maximum absolute atomic E-state index is 6.09. The Morgan fingerprint density at radius 2 is 2.06 bits per heavy atom. The summed E-state index contributed by atoms with van der Waals surface area (Å²) in [6.45, 7) is 4.04. The van der Waals surface area contributed by atoms with E-state index in [-0.39, 0.29) is 0 Å². The number of hydrogen-bond donors (Lipinski definition) is 0. The van der Waals surface area contributed by atoms with Crippen LogP contribution in [-0.2, 0) is 6.42 Å². The van der Waals surface area contributed by atoms with Crippen LogP contribution in [0.25, 0.3) is 11.5 Å². The average molecular weight is 360 g/mol. The molecule has 2 rings (SSSR count). The molecule has 3 nitrogen and oxygen atoms in total. The van der Waals surface area contributed by atoms with Gasteiger partial charge in [-0.2, -0.15) is 0 Å². The summed E-state index contributed by atoms with van der Waals surface area (Å²) >= 11 is 8.26. The van der Waals surface area contributed by atoms with Gasteiger partial charge in [0.25, 0.3) is 0 Å². The smallest absolute Gasteiger partial charge is 0.179 e. The van der Waals surface area contributed by atoms with Crippen LogP contribution >= 0.6 is 34.2 Å². The molecule has 5 heteroatoms. The lowest BCUT2D eigenvalue weighted by atomic mass is 10.2. The molecule has 0 aliphatic carbocycles. The molecule has 0 atom stereocenters. The van der Waals surface area contributed by atoms with E-state index in [1.807, 2.05) is 26.0 Å². The molecule has 17 heavy (non-hydrogen) atoms. The average Bonchev–Trinajstić information content (AvgIpc) is 2.33. The summed E-state index contributed by atoms with van der Waals surface area (Å²) in [5, 5.41) is 0.495.